The summed E-state index contributed by atoms with van der Waals surface area (Å²) in [5.41, 5.74) is 1.29. The maximum Gasteiger partial charge on any atom is 0.259 e. The normalized spacial score (nSPS) is 14.7. The fraction of sp³-hybridized carbons (Fsp3) is 0.158. The van der Waals surface area contributed by atoms with E-state index in [0.717, 1.165) is 0 Å². The predicted molar refractivity (Wildman–Crippen MR) is 94.5 cm³/mol. The van der Waals surface area contributed by atoms with Gasteiger partial charge in [-0.05, 0) is 24.3 Å². The summed E-state index contributed by atoms with van der Waals surface area (Å²) in [5.74, 6) is 4.31. The van der Waals surface area contributed by atoms with E-state index < -0.39 is 5.92 Å². The molecule has 0 N–H and O–H groups in total. The van der Waals surface area contributed by atoms with E-state index in [1.54, 1.807) is 24.3 Å². The highest BCUT2D eigenvalue weighted by molar-refractivity contribution is 6.23. The maximum atomic E-state index is 12.9. The van der Waals surface area contributed by atoms with Gasteiger partial charge < -0.3 is 0 Å². The van der Waals surface area contributed by atoms with Crippen LogP contribution in [0.25, 0.3) is 0 Å². The Bertz CT molecular complexity index is 739. The number of halogens is 1. The first kappa shape index (κ1) is 16.1. The maximum absolute atomic E-state index is 12.9. The van der Waals surface area contributed by atoms with Crippen LogP contribution in [-0.2, 0) is 9.59 Å². The van der Waals surface area contributed by atoms with Crippen LogP contribution < -0.4 is 10.0 Å². The zero-order valence-corrected chi connectivity index (χ0v) is 13.6. The molecule has 0 aromatic heterocycles. The van der Waals surface area contributed by atoms with Crippen molar-refractivity contribution in [1.29, 1.82) is 0 Å². The zero-order valence-electron chi connectivity index (χ0n) is 12.9. The van der Waals surface area contributed by atoms with Gasteiger partial charge in [0.2, 0.25) is 0 Å². The number of rotatable bonds is 3. The highest BCUT2D eigenvalue weighted by Crippen LogP contribution is 2.32. The molecule has 1 aliphatic heterocycles. The summed E-state index contributed by atoms with van der Waals surface area (Å²) in [7, 11) is 0. The van der Waals surface area contributed by atoms with Crippen LogP contribution >= 0.6 is 11.6 Å². The minimum absolute atomic E-state index is 0.164. The molecule has 24 heavy (non-hydrogen) atoms. The Labute approximate surface area is 145 Å². The smallest absolute Gasteiger partial charge is 0.259 e. The van der Waals surface area contributed by atoms with E-state index in [2.05, 4.69) is 11.8 Å². The highest BCUT2D eigenvalue weighted by atomic mass is 35.5. The number of amides is 2. The molecule has 4 nitrogen and oxygen atoms in total. The van der Waals surface area contributed by atoms with Gasteiger partial charge in [0, 0.05) is 6.42 Å². The Morgan fingerprint density at radius 1 is 0.792 bits per heavy atom. The minimum atomic E-state index is -0.818. The molecule has 120 valence electrons. The number of hydrogen-bond acceptors (Lipinski definition) is 2. The lowest BCUT2D eigenvalue weighted by Crippen LogP contribution is -2.41. The Hall–Kier alpha value is -2.77. The van der Waals surface area contributed by atoms with Crippen molar-refractivity contribution in [2.75, 3.05) is 15.9 Å². The molecule has 0 saturated carbocycles. The van der Waals surface area contributed by atoms with Crippen LogP contribution in [0.15, 0.2) is 60.7 Å². The van der Waals surface area contributed by atoms with Crippen molar-refractivity contribution in [1.82, 2.24) is 0 Å². The molecule has 2 aromatic carbocycles. The van der Waals surface area contributed by atoms with Gasteiger partial charge in [-0.25, -0.2) is 10.0 Å². The number of carbonyl (C=O) groups is 2. The zero-order chi connectivity index (χ0) is 16.9. The number of alkyl halides is 1. The van der Waals surface area contributed by atoms with Crippen molar-refractivity contribution < 1.29 is 9.59 Å². The topological polar surface area (TPSA) is 40.6 Å². The molecular formula is C19H15ClN2O2. The average Bonchev–Trinajstić information content (AvgIpc) is 2.88. The molecule has 2 amide bonds. The Morgan fingerprint density at radius 2 is 1.25 bits per heavy atom. The third kappa shape index (κ3) is 2.99. The molecular weight excluding hydrogens is 324 g/mol. The monoisotopic (exact) mass is 338 g/mol. The minimum Gasteiger partial charge on any atom is -0.272 e. The molecule has 0 spiro atoms. The molecule has 5 heteroatoms. The molecule has 0 radical (unpaired) electrons. The van der Waals surface area contributed by atoms with Crippen molar-refractivity contribution in [2.24, 2.45) is 5.92 Å². The Morgan fingerprint density at radius 3 is 1.67 bits per heavy atom. The predicted octanol–water partition coefficient (Wildman–Crippen LogP) is 3.23. The molecule has 1 saturated heterocycles. The molecule has 0 unspecified atom stereocenters. The molecule has 0 aliphatic carbocycles. The van der Waals surface area contributed by atoms with E-state index >= 15 is 0 Å². The van der Waals surface area contributed by atoms with Crippen LogP contribution in [0.3, 0.4) is 0 Å². The third-order valence-electron chi connectivity index (χ3n) is 3.71. The summed E-state index contributed by atoms with van der Waals surface area (Å²) in [6.07, 6.45) is 0.164. The second kappa shape index (κ2) is 7.20. The number of benzene rings is 2. The van der Waals surface area contributed by atoms with Crippen molar-refractivity contribution >= 4 is 34.8 Å². The van der Waals surface area contributed by atoms with Gasteiger partial charge >= 0.3 is 0 Å². The van der Waals surface area contributed by atoms with E-state index in [4.69, 9.17) is 11.6 Å². The van der Waals surface area contributed by atoms with Crippen LogP contribution in [-0.4, -0.2) is 17.7 Å². The first-order valence-electron chi connectivity index (χ1n) is 7.53. The van der Waals surface area contributed by atoms with Gasteiger partial charge in [-0.3, -0.25) is 9.59 Å². The van der Waals surface area contributed by atoms with Crippen molar-refractivity contribution in [3.63, 3.8) is 0 Å². The number of hydrazine groups is 1. The lowest BCUT2D eigenvalue weighted by molar-refractivity contribution is -0.126. The standard InChI is InChI=1S/C19H15ClN2O2/c20-14-8-7-13-17-18(23)21(15-9-3-1-4-10-15)22(19(17)24)16-11-5-2-6-12-16/h1-6,9-12,17H,13-14H2. The van der Waals surface area contributed by atoms with Gasteiger partial charge in [-0.1, -0.05) is 42.3 Å². The Kier molecular flexibility index (Phi) is 4.83. The van der Waals surface area contributed by atoms with Crippen LogP contribution in [0.1, 0.15) is 6.42 Å². The second-order valence-corrected chi connectivity index (χ2v) is 5.48. The van der Waals surface area contributed by atoms with E-state index in [1.807, 2.05) is 36.4 Å². The lowest BCUT2D eigenvalue weighted by Gasteiger charge is -2.27. The molecule has 0 atom stereocenters. The molecule has 1 fully saturated rings. The lowest BCUT2D eigenvalue weighted by atomic mass is 10.1. The summed E-state index contributed by atoms with van der Waals surface area (Å²) in [5, 5.41) is 2.84. The van der Waals surface area contributed by atoms with Crippen LogP contribution in [0.5, 0.6) is 0 Å². The number of para-hydroxylation sites is 2. The van der Waals surface area contributed by atoms with Crippen LogP contribution in [0.2, 0.25) is 0 Å². The molecule has 1 heterocycles. The molecule has 1 aliphatic rings. The number of nitrogens with zero attached hydrogens (tertiary/aromatic N) is 2. The van der Waals surface area contributed by atoms with Gasteiger partial charge in [0.05, 0.1) is 17.3 Å². The molecule has 2 aromatic rings. The van der Waals surface area contributed by atoms with Crippen LogP contribution in [0.4, 0.5) is 11.4 Å². The van der Waals surface area contributed by atoms with Gasteiger partial charge in [-0.15, -0.1) is 17.5 Å². The quantitative estimate of drug-likeness (QED) is 0.490. The van der Waals surface area contributed by atoms with E-state index in [9.17, 15) is 9.59 Å². The number of anilines is 2. The highest BCUT2D eigenvalue weighted by Gasteiger charge is 2.46. The third-order valence-corrected chi connectivity index (χ3v) is 3.85. The average molecular weight is 339 g/mol. The number of hydrogen-bond donors (Lipinski definition) is 0. The number of carbonyl (C=O) groups excluding carboxylic acids is 2. The Balaban J connectivity index is 2.02. The summed E-state index contributed by atoms with van der Waals surface area (Å²) in [6, 6.07) is 18.2. The summed E-state index contributed by atoms with van der Waals surface area (Å²) < 4.78 is 0. The fourth-order valence-corrected chi connectivity index (χ4v) is 2.71. The molecule has 3 rings (SSSR count). The van der Waals surface area contributed by atoms with E-state index in [1.165, 1.54) is 10.0 Å². The van der Waals surface area contributed by atoms with E-state index in [0.29, 0.717) is 11.4 Å². The SMILES string of the molecule is O=C1C(CC#CCCl)C(=O)N(c2ccccc2)N1c1ccccc1. The summed E-state index contributed by atoms with van der Waals surface area (Å²) in [4.78, 5) is 25.7. The van der Waals surface area contributed by atoms with Gasteiger partial charge in [-0.2, -0.15) is 0 Å². The van der Waals surface area contributed by atoms with Gasteiger partial charge in [0.25, 0.3) is 11.8 Å². The van der Waals surface area contributed by atoms with E-state index in [-0.39, 0.29) is 24.1 Å². The fourth-order valence-electron chi connectivity index (χ4n) is 2.62. The first-order valence-corrected chi connectivity index (χ1v) is 8.07. The summed E-state index contributed by atoms with van der Waals surface area (Å²) in [6.45, 7) is 0. The summed E-state index contributed by atoms with van der Waals surface area (Å²) >= 11 is 5.54. The van der Waals surface area contributed by atoms with Gasteiger partial charge in [0.1, 0.15) is 5.92 Å². The first-order chi connectivity index (χ1) is 11.7. The molecule has 0 bridgehead atoms. The van der Waals surface area contributed by atoms with Crippen molar-refractivity contribution in [3.8, 4) is 11.8 Å². The van der Waals surface area contributed by atoms with Crippen molar-refractivity contribution in [3.05, 3.63) is 60.7 Å². The van der Waals surface area contributed by atoms with Gasteiger partial charge in [0.15, 0.2) is 0 Å². The largest absolute Gasteiger partial charge is 0.272 e. The second-order valence-electron chi connectivity index (χ2n) is 5.22. The van der Waals surface area contributed by atoms with Crippen molar-refractivity contribution in [2.45, 2.75) is 6.42 Å². The van der Waals surface area contributed by atoms with Crippen LogP contribution in [0, 0.1) is 17.8 Å².